The molecule has 4 rings (SSSR count). The molecule has 0 saturated heterocycles. The monoisotopic (exact) mass is 496 g/mol. The van der Waals surface area contributed by atoms with Gasteiger partial charge in [0.25, 0.3) is 15.6 Å². The zero-order valence-electron chi connectivity index (χ0n) is 19.8. The number of methoxy groups -OCH3 is 2. The van der Waals surface area contributed by atoms with E-state index < -0.39 is 10.0 Å². The van der Waals surface area contributed by atoms with Crippen LogP contribution in [0.2, 0.25) is 0 Å². The highest BCUT2D eigenvalue weighted by Gasteiger charge is 2.23. The van der Waals surface area contributed by atoms with Crippen molar-refractivity contribution in [1.29, 1.82) is 0 Å². The molecular weight excluding hydrogens is 472 g/mol. The summed E-state index contributed by atoms with van der Waals surface area (Å²) in [6.07, 6.45) is 0. The van der Waals surface area contributed by atoms with Gasteiger partial charge in [-0.1, -0.05) is 11.2 Å². The van der Waals surface area contributed by atoms with Gasteiger partial charge in [0.05, 0.1) is 25.6 Å². The number of hydrogen-bond acceptors (Lipinski definition) is 8. The van der Waals surface area contributed by atoms with Gasteiger partial charge < -0.3 is 14.0 Å². The molecule has 0 fully saturated rings. The molecule has 0 aliphatic rings. The fraction of sp³-hybridized carbons (Fsp3) is 0.208. The van der Waals surface area contributed by atoms with E-state index in [0.29, 0.717) is 39.8 Å². The molecule has 35 heavy (non-hydrogen) atoms. The summed E-state index contributed by atoms with van der Waals surface area (Å²) in [5.41, 5.74) is 2.55. The lowest BCUT2D eigenvalue weighted by atomic mass is 10.1. The minimum absolute atomic E-state index is 0.0991. The van der Waals surface area contributed by atoms with Gasteiger partial charge >= 0.3 is 0 Å². The highest BCUT2D eigenvalue weighted by Crippen LogP contribution is 2.33. The summed E-state index contributed by atoms with van der Waals surface area (Å²) in [5, 5.41) is 8.31. The molecule has 182 valence electrons. The van der Waals surface area contributed by atoms with E-state index in [1.54, 1.807) is 32.0 Å². The van der Waals surface area contributed by atoms with Crippen LogP contribution in [0.5, 0.6) is 11.5 Å². The van der Waals surface area contributed by atoms with Crippen molar-refractivity contribution in [2.75, 3.05) is 18.9 Å². The Hall–Kier alpha value is -4.12. The van der Waals surface area contributed by atoms with Gasteiger partial charge in [-0.25, -0.2) is 8.42 Å². The van der Waals surface area contributed by atoms with Gasteiger partial charge in [0, 0.05) is 11.6 Å². The Morgan fingerprint density at radius 3 is 2.31 bits per heavy atom. The third-order valence-corrected chi connectivity index (χ3v) is 6.74. The predicted molar refractivity (Wildman–Crippen MR) is 130 cm³/mol. The van der Waals surface area contributed by atoms with E-state index in [4.69, 9.17) is 14.0 Å². The van der Waals surface area contributed by atoms with E-state index in [0.717, 1.165) is 5.56 Å². The largest absolute Gasteiger partial charge is 0.495 e. The molecule has 2 aromatic carbocycles. The lowest BCUT2D eigenvalue weighted by Gasteiger charge is -2.15. The third kappa shape index (κ3) is 4.62. The van der Waals surface area contributed by atoms with Crippen LogP contribution >= 0.6 is 0 Å². The molecule has 0 radical (unpaired) electrons. The van der Waals surface area contributed by atoms with Gasteiger partial charge in [0.2, 0.25) is 0 Å². The highest BCUT2D eigenvalue weighted by atomic mass is 32.2. The van der Waals surface area contributed by atoms with Crippen molar-refractivity contribution in [3.8, 4) is 28.4 Å². The van der Waals surface area contributed by atoms with E-state index >= 15 is 0 Å². The number of anilines is 1. The highest BCUT2D eigenvalue weighted by molar-refractivity contribution is 7.92. The Bertz CT molecular complexity index is 1550. The molecule has 2 heterocycles. The van der Waals surface area contributed by atoms with Crippen LogP contribution in [0.15, 0.2) is 62.7 Å². The minimum Gasteiger partial charge on any atom is -0.495 e. The zero-order chi connectivity index (χ0) is 25.3. The lowest BCUT2D eigenvalue weighted by molar-refractivity contribution is 0.392. The topological polar surface area (TPSA) is 126 Å². The molecule has 0 atom stereocenters. The maximum Gasteiger partial charge on any atom is 0.271 e. The molecule has 10 nitrogen and oxygen atoms in total. The average Bonchev–Trinajstić information content (AvgIpc) is 3.16. The summed E-state index contributed by atoms with van der Waals surface area (Å²) in [5.74, 6) is 0.956. The smallest absolute Gasteiger partial charge is 0.271 e. The second kappa shape index (κ2) is 9.26. The number of rotatable bonds is 7. The molecule has 1 N–H and O–H groups in total. The van der Waals surface area contributed by atoms with Crippen LogP contribution in [0.3, 0.4) is 0 Å². The first kappa shape index (κ1) is 24.0. The Morgan fingerprint density at radius 1 is 0.943 bits per heavy atom. The minimum atomic E-state index is -4.09. The standard InChI is InChI=1S/C24H24N4O6S/c1-14-6-9-20(32-4)19(12-14)27-35(30,31)22-13-17(7-10-21(22)33-5)18-8-11-23(29)28(25-18)24-15(2)26-34-16(24)3/h6-13,27H,1-5H3. The maximum atomic E-state index is 13.4. The summed E-state index contributed by atoms with van der Waals surface area (Å²) in [7, 11) is -1.24. The van der Waals surface area contributed by atoms with E-state index in [9.17, 15) is 13.2 Å². The molecular formula is C24H24N4O6S. The predicted octanol–water partition coefficient (Wildman–Crippen LogP) is 3.63. The van der Waals surface area contributed by atoms with E-state index in [2.05, 4.69) is 15.0 Å². The van der Waals surface area contributed by atoms with Crippen LogP contribution in [-0.4, -0.2) is 37.6 Å². The number of aryl methyl sites for hydroxylation is 3. The van der Waals surface area contributed by atoms with Gasteiger partial charge in [-0.3, -0.25) is 9.52 Å². The molecule has 2 aromatic heterocycles. The molecule has 0 amide bonds. The van der Waals surface area contributed by atoms with E-state index in [-0.39, 0.29) is 16.2 Å². The number of ether oxygens (including phenoxy) is 2. The Kier molecular flexibility index (Phi) is 6.35. The Balaban J connectivity index is 1.81. The van der Waals surface area contributed by atoms with Gasteiger partial charge in [-0.05, 0) is 62.7 Å². The molecule has 0 bridgehead atoms. The normalized spacial score (nSPS) is 11.3. The molecule has 0 unspecified atom stereocenters. The SMILES string of the molecule is COc1ccc(C)cc1NS(=O)(=O)c1cc(-c2ccc(=O)n(-c3c(C)noc3C)n2)ccc1OC. The summed E-state index contributed by atoms with van der Waals surface area (Å²) >= 11 is 0. The molecule has 0 aliphatic heterocycles. The Morgan fingerprint density at radius 2 is 1.66 bits per heavy atom. The van der Waals surface area contributed by atoms with Crippen LogP contribution in [0.4, 0.5) is 5.69 Å². The molecule has 0 saturated carbocycles. The molecule has 4 aromatic rings. The van der Waals surface area contributed by atoms with Crippen molar-refractivity contribution in [3.63, 3.8) is 0 Å². The summed E-state index contributed by atoms with van der Waals surface area (Å²) < 4.78 is 46.3. The van der Waals surface area contributed by atoms with Gasteiger partial charge in [-0.15, -0.1) is 0 Å². The van der Waals surface area contributed by atoms with Gasteiger partial charge in [0.1, 0.15) is 27.8 Å². The summed E-state index contributed by atoms with van der Waals surface area (Å²) in [6, 6.07) is 12.7. The van der Waals surface area contributed by atoms with Crippen LogP contribution in [0.25, 0.3) is 16.9 Å². The van der Waals surface area contributed by atoms with Crippen LogP contribution < -0.4 is 19.8 Å². The first-order valence-electron chi connectivity index (χ1n) is 10.5. The zero-order valence-corrected chi connectivity index (χ0v) is 20.6. The second-order valence-corrected chi connectivity index (χ2v) is 9.47. The lowest BCUT2D eigenvalue weighted by Crippen LogP contribution is -2.21. The van der Waals surface area contributed by atoms with Crippen molar-refractivity contribution in [1.82, 2.24) is 14.9 Å². The van der Waals surface area contributed by atoms with Crippen molar-refractivity contribution in [2.24, 2.45) is 0 Å². The van der Waals surface area contributed by atoms with Crippen molar-refractivity contribution >= 4 is 15.7 Å². The number of hydrogen-bond donors (Lipinski definition) is 1. The van der Waals surface area contributed by atoms with E-state index in [1.807, 2.05) is 13.0 Å². The summed E-state index contributed by atoms with van der Waals surface area (Å²) in [6.45, 7) is 5.23. The fourth-order valence-corrected chi connectivity index (χ4v) is 4.91. The van der Waals surface area contributed by atoms with E-state index in [1.165, 1.54) is 43.2 Å². The fourth-order valence-electron chi connectivity index (χ4n) is 3.65. The average molecular weight is 497 g/mol. The van der Waals surface area contributed by atoms with Gasteiger partial charge in [-0.2, -0.15) is 9.78 Å². The van der Waals surface area contributed by atoms with Gasteiger partial charge in [0.15, 0.2) is 5.76 Å². The van der Waals surface area contributed by atoms with Crippen molar-refractivity contribution in [2.45, 2.75) is 25.7 Å². The number of nitrogens with one attached hydrogen (secondary N) is 1. The maximum absolute atomic E-state index is 13.4. The second-order valence-electron chi connectivity index (χ2n) is 7.82. The first-order chi connectivity index (χ1) is 16.6. The molecule has 0 aliphatic carbocycles. The third-order valence-electron chi connectivity index (χ3n) is 5.36. The quantitative estimate of drug-likeness (QED) is 0.411. The summed E-state index contributed by atoms with van der Waals surface area (Å²) in [4.78, 5) is 12.4. The first-order valence-corrected chi connectivity index (χ1v) is 12.0. The van der Waals surface area contributed by atoms with Crippen LogP contribution in [-0.2, 0) is 10.0 Å². The van der Waals surface area contributed by atoms with Crippen molar-refractivity contribution < 1.29 is 22.4 Å². The number of benzene rings is 2. The molecule has 0 spiro atoms. The number of sulfonamides is 1. The number of aromatic nitrogens is 3. The Labute approximate surface area is 202 Å². The molecule has 11 heteroatoms. The number of nitrogens with zero attached hydrogens (tertiary/aromatic N) is 3. The van der Waals surface area contributed by atoms with Crippen LogP contribution in [0.1, 0.15) is 17.0 Å². The van der Waals surface area contributed by atoms with Crippen molar-refractivity contribution in [3.05, 3.63) is 75.9 Å². The van der Waals surface area contributed by atoms with Crippen LogP contribution in [0, 0.1) is 20.8 Å².